The lowest BCUT2D eigenvalue weighted by atomic mass is 9.77. The number of aromatic nitrogens is 2. The Balaban J connectivity index is 1.52. The second kappa shape index (κ2) is 7.09. The predicted octanol–water partition coefficient (Wildman–Crippen LogP) is 3.60. The lowest BCUT2D eigenvalue weighted by Gasteiger charge is -2.34. The number of nitrogens with one attached hydrogen (secondary N) is 2. The maximum Gasteiger partial charge on any atom is 0.0594 e. The molecule has 1 aromatic heterocycles. The molecule has 19 heavy (non-hydrogen) atoms. The van der Waals surface area contributed by atoms with Crippen LogP contribution in [-0.4, -0.2) is 23.3 Å². The van der Waals surface area contributed by atoms with Crippen LogP contribution >= 0.6 is 0 Å². The smallest absolute Gasteiger partial charge is 0.0594 e. The number of H-pyrrole nitrogens is 1. The van der Waals surface area contributed by atoms with Gasteiger partial charge in [-0.2, -0.15) is 5.10 Å². The van der Waals surface area contributed by atoms with Gasteiger partial charge < -0.3 is 5.32 Å². The monoisotopic (exact) mass is 263 g/mol. The molecule has 0 atom stereocenters. The minimum atomic E-state index is 0.617. The van der Waals surface area contributed by atoms with E-state index in [1.54, 1.807) is 0 Å². The average molecular weight is 263 g/mol. The van der Waals surface area contributed by atoms with Gasteiger partial charge in [0.1, 0.15) is 0 Å². The molecule has 0 radical (unpaired) electrons. The van der Waals surface area contributed by atoms with Gasteiger partial charge in [0, 0.05) is 5.69 Å². The Morgan fingerprint density at radius 1 is 1.16 bits per heavy atom. The molecule has 0 bridgehead atoms. The summed E-state index contributed by atoms with van der Waals surface area (Å²) in [6.45, 7) is 6.95. The van der Waals surface area contributed by atoms with E-state index in [-0.39, 0.29) is 0 Å². The number of piperidine rings is 1. The molecule has 0 aromatic carbocycles. The second-order valence-corrected chi connectivity index (χ2v) is 6.51. The Kier molecular flexibility index (Phi) is 5.44. The normalized spacial score (nSPS) is 18.6. The summed E-state index contributed by atoms with van der Waals surface area (Å²) in [5.41, 5.74) is 3.02. The topological polar surface area (TPSA) is 40.7 Å². The summed E-state index contributed by atoms with van der Waals surface area (Å²) in [6.07, 6.45) is 10.7. The highest BCUT2D eigenvalue weighted by molar-refractivity contribution is 5.06. The summed E-state index contributed by atoms with van der Waals surface area (Å²) < 4.78 is 0. The van der Waals surface area contributed by atoms with Crippen molar-refractivity contribution in [1.82, 2.24) is 15.5 Å². The highest BCUT2D eigenvalue weighted by Crippen LogP contribution is 2.33. The van der Waals surface area contributed by atoms with Crippen LogP contribution in [-0.2, 0) is 6.42 Å². The summed E-state index contributed by atoms with van der Waals surface area (Å²) >= 11 is 0. The van der Waals surface area contributed by atoms with E-state index >= 15 is 0 Å². The van der Waals surface area contributed by atoms with Gasteiger partial charge in [-0.1, -0.05) is 26.2 Å². The van der Waals surface area contributed by atoms with Gasteiger partial charge in [-0.3, -0.25) is 5.10 Å². The molecule has 3 heteroatoms. The van der Waals surface area contributed by atoms with E-state index in [1.807, 2.05) is 6.92 Å². The predicted molar refractivity (Wildman–Crippen MR) is 80.3 cm³/mol. The maximum atomic E-state index is 4.17. The Bertz CT molecular complexity index is 364. The Labute approximate surface area is 117 Å². The van der Waals surface area contributed by atoms with Gasteiger partial charge >= 0.3 is 0 Å². The molecule has 1 fully saturated rings. The van der Waals surface area contributed by atoms with Gasteiger partial charge in [0.2, 0.25) is 0 Å². The standard InChI is InChI=1S/C16H29N3/c1-14-13-15(19-18-14)7-5-3-4-6-8-16(2)9-11-17-12-10-16/h13,17H,3-12H2,1-2H3,(H,18,19). The second-order valence-electron chi connectivity index (χ2n) is 6.51. The fourth-order valence-corrected chi connectivity index (χ4v) is 3.11. The highest BCUT2D eigenvalue weighted by Gasteiger charge is 2.25. The quantitative estimate of drug-likeness (QED) is 0.738. The third-order valence-electron chi connectivity index (χ3n) is 4.55. The van der Waals surface area contributed by atoms with Crippen molar-refractivity contribution >= 4 is 0 Å². The number of unbranched alkanes of at least 4 members (excludes halogenated alkanes) is 3. The SMILES string of the molecule is Cc1cc(CCCCCCC2(C)CCNCC2)[nH]n1. The molecule has 2 heterocycles. The van der Waals surface area contributed by atoms with Crippen molar-refractivity contribution in [3.8, 4) is 0 Å². The first-order valence-electron chi connectivity index (χ1n) is 7.90. The molecule has 2 rings (SSSR count). The minimum Gasteiger partial charge on any atom is -0.317 e. The molecule has 1 aliphatic rings. The number of aromatic amines is 1. The Morgan fingerprint density at radius 3 is 2.58 bits per heavy atom. The van der Waals surface area contributed by atoms with Crippen LogP contribution < -0.4 is 5.32 Å². The van der Waals surface area contributed by atoms with Crippen molar-refractivity contribution in [1.29, 1.82) is 0 Å². The number of hydrogen-bond acceptors (Lipinski definition) is 2. The molecule has 2 N–H and O–H groups in total. The fraction of sp³-hybridized carbons (Fsp3) is 0.812. The van der Waals surface area contributed by atoms with Crippen LogP contribution in [0.2, 0.25) is 0 Å². The van der Waals surface area contributed by atoms with E-state index in [1.165, 1.54) is 63.7 Å². The first kappa shape index (κ1) is 14.6. The van der Waals surface area contributed by atoms with Crippen molar-refractivity contribution in [2.45, 2.75) is 65.2 Å². The van der Waals surface area contributed by atoms with Crippen molar-refractivity contribution in [2.24, 2.45) is 5.41 Å². The molecule has 1 aromatic rings. The maximum absolute atomic E-state index is 4.17. The first-order chi connectivity index (χ1) is 9.18. The number of nitrogens with zero attached hydrogens (tertiary/aromatic N) is 1. The van der Waals surface area contributed by atoms with E-state index in [2.05, 4.69) is 28.5 Å². The zero-order chi connectivity index (χ0) is 13.6. The lowest BCUT2D eigenvalue weighted by Crippen LogP contribution is -2.34. The molecule has 108 valence electrons. The molecule has 0 amide bonds. The Morgan fingerprint density at radius 2 is 1.89 bits per heavy atom. The van der Waals surface area contributed by atoms with Gasteiger partial charge in [-0.05, 0) is 63.6 Å². The average Bonchev–Trinajstić information content (AvgIpc) is 2.80. The van der Waals surface area contributed by atoms with Gasteiger partial charge in [0.15, 0.2) is 0 Å². The van der Waals surface area contributed by atoms with E-state index < -0.39 is 0 Å². The van der Waals surface area contributed by atoms with Gasteiger partial charge in [0.25, 0.3) is 0 Å². The van der Waals surface area contributed by atoms with Crippen LogP contribution in [0.25, 0.3) is 0 Å². The molecule has 0 saturated carbocycles. The molecular formula is C16H29N3. The molecule has 1 aliphatic heterocycles. The summed E-state index contributed by atoms with van der Waals surface area (Å²) in [5.74, 6) is 0. The van der Waals surface area contributed by atoms with Crippen LogP contribution in [0.3, 0.4) is 0 Å². The van der Waals surface area contributed by atoms with Crippen molar-refractivity contribution in [3.63, 3.8) is 0 Å². The number of hydrogen-bond donors (Lipinski definition) is 2. The summed E-state index contributed by atoms with van der Waals surface area (Å²) in [6, 6.07) is 2.16. The zero-order valence-corrected chi connectivity index (χ0v) is 12.6. The summed E-state index contributed by atoms with van der Waals surface area (Å²) in [7, 11) is 0. The summed E-state index contributed by atoms with van der Waals surface area (Å²) in [4.78, 5) is 0. The van der Waals surface area contributed by atoms with Crippen LogP contribution in [0.1, 0.15) is 63.3 Å². The van der Waals surface area contributed by atoms with Crippen LogP contribution in [0.4, 0.5) is 0 Å². The molecular weight excluding hydrogens is 234 g/mol. The molecule has 0 aliphatic carbocycles. The van der Waals surface area contributed by atoms with E-state index in [0.29, 0.717) is 5.41 Å². The lowest BCUT2D eigenvalue weighted by molar-refractivity contribution is 0.204. The fourth-order valence-electron chi connectivity index (χ4n) is 3.11. The van der Waals surface area contributed by atoms with Crippen molar-refractivity contribution < 1.29 is 0 Å². The van der Waals surface area contributed by atoms with Crippen molar-refractivity contribution in [3.05, 3.63) is 17.5 Å². The minimum absolute atomic E-state index is 0.617. The third kappa shape index (κ3) is 4.98. The van der Waals surface area contributed by atoms with Gasteiger partial charge in [0.05, 0.1) is 5.69 Å². The highest BCUT2D eigenvalue weighted by atomic mass is 15.1. The number of rotatable bonds is 7. The van der Waals surface area contributed by atoms with Gasteiger partial charge in [-0.15, -0.1) is 0 Å². The molecule has 3 nitrogen and oxygen atoms in total. The van der Waals surface area contributed by atoms with E-state index in [0.717, 1.165) is 12.1 Å². The number of aryl methyl sites for hydroxylation is 2. The summed E-state index contributed by atoms with van der Waals surface area (Å²) in [5, 5.41) is 10.7. The van der Waals surface area contributed by atoms with Crippen LogP contribution in [0.15, 0.2) is 6.07 Å². The Hall–Kier alpha value is -0.830. The van der Waals surface area contributed by atoms with Gasteiger partial charge in [-0.25, -0.2) is 0 Å². The third-order valence-corrected chi connectivity index (χ3v) is 4.55. The molecule has 1 saturated heterocycles. The van der Waals surface area contributed by atoms with E-state index in [9.17, 15) is 0 Å². The molecule has 0 spiro atoms. The zero-order valence-electron chi connectivity index (χ0n) is 12.6. The first-order valence-corrected chi connectivity index (χ1v) is 7.90. The van der Waals surface area contributed by atoms with Crippen molar-refractivity contribution in [2.75, 3.05) is 13.1 Å². The van der Waals surface area contributed by atoms with Crippen LogP contribution in [0, 0.1) is 12.3 Å². The van der Waals surface area contributed by atoms with Crippen LogP contribution in [0.5, 0.6) is 0 Å². The largest absolute Gasteiger partial charge is 0.317 e. The molecule has 0 unspecified atom stereocenters. The van der Waals surface area contributed by atoms with E-state index in [4.69, 9.17) is 0 Å².